The number of hydrogen-bond donors (Lipinski definition) is 3. The summed E-state index contributed by atoms with van der Waals surface area (Å²) in [5, 5.41) is 16.7. The van der Waals surface area contributed by atoms with Gasteiger partial charge in [0.2, 0.25) is 0 Å². The average molecular weight is 635 g/mol. The molecule has 4 aromatic rings. The number of anilines is 1. The van der Waals surface area contributed by atoms with Crippen LogP contribution in [0.15, 0.2) is 70.6 Å². The van der Waals surface area contributed by atoms with Gasteiger partial charge in [0.1, 0.15) is 11.6 Å². The van der Waals surface area contributed by atoms with E-state index in [1.54, 1.807) is 54.6 Å². The monoisotopic (exact) mass is 633 g/mol. The lowest BCUT2D eigenvalue weighted by Crippen LogP contribution is -2.34. The summed E-state index contributed by atoms with van der Waals surface area (Å²) in [4.78, 5) is 32.2. The zero-order valence-corrected chi connectivity index (χ0v) is 24.2. The number of rotatable bonds is 6. The molecule has 1 amide bonds. The number of nitriles is 1. The van der Waals surface area contributed by atoms with Crippen LogP contribution < -0.4 is 16.2 Å². The fourth-order valence-corrected chi connectivity index (χ4v) is 5.34. The Hall–Kier alpha value is -3.10. The third-order valence-electron chi connectivity index (χ3n) is 5.22. The first kappa shape index (κ1) is 28.9. The maximum absolute atomic E-state index is 12.6. The Morgan fingerprint density at radius 1 is 1.03 bits per heavy atom. The van der Waals surface area contributed by atoms with Crippen LogP contribution in [0.1, 0.15) is 21.5 Å². The summed E-state index contributed by atoms with van der Waals surface area (Å²) in [7, 11) is 0. The lowest BCUT2D eigenvalue weighted by molar-refractivity contribution is 0.0977. The number of benzene rings is 3. The summed E-state index contributed by atoms with van der Waals surface area (Å²) in [6, 6.07) is 18.4. The molecule has 7 nitrogen and oxygen atoms in total. The molecule has 0 unspecified atom stereocenters. The van der Waals surface area contributed by atoms with Crippen molar-refractivity contribution in [2.24, 2.45) is 0 Å². The number of halogens is 4. The summed E-state index contributed by atoms with van der Waals surface area (Å²) in [5.74, 6) is 0.00707. The molecule has 196 valence electrons. The number of carbonyl (C=O) groups excluding carboxylic acids is 1. The zero-order valence-electron chi connectivity index (χ0n) is 19.5. The van der Waals surface area contributed by atoms with E-state index in [9.17, 15) is 14.9 Å². The average Bonchev–Trinajstić information content (AvgIpc) is 2.89. The highest BCUT2D eigenvalue weighted by Crippen LogP contribution is 2.32. The molecule has 0 atom stereocenters. The molecule has 0 aliphatic rings. The van der Waals surface area contributed by atoms with Gasteiger partial charge in [-0.25, -0.2) is 4.98 Å². The molecular weight excluding hydrogens is 620 g/mol. The van der Waals surface area contributed by atoms with E-state index in [1.165, 1.54) is 17.8 Å². The lowest BCUT2D eigenvalue weighted by atomic mass is 10.1. The van der Waals surface area contributed by atoms with E-state index < -0.39 is 11.5 Å². The van der Waals surface area contributed by atoms with Crippen molar-refractivity contribution < 1.29 is 4.79 Å². The Balaban J connectivity index is 1.43. The molecule has 4 rings (SSSR count). The van der Waals surface area contributed by atoms with Crippen molar-refractivity contribution in [3.63, 3.8) is 0 Å². The van der Waals surface area contributed by atoms with Crippen LogP contribution in [-0.2, 0) is 5.75 Å². The first-order valence-corrected chi connectivity index (χ1v) is 13.8. The summed E-state index contributed by atoms with van der Waals surface area (Å²) in [6.45, 7) is 0. The first-order chi connectivity index (χ1) is 18.7. The number of thiocarbonyl (C=S) groups is 1. The second kappa shape index (κ2) is 12.8. The van der Waals surface area contributed by atoms with Crippen molar-refractivity contribution in [3.8, 4) is 17.3 Å². The van der Waals surface area contributed by atoms with Crippen molar-refractivity contribution in [1.82, 2.24) is 15.3 Å². The standard InChI is InChI=1S/C26H15Cl4N5O2S2/c27-15-8-9-16(20(30)10-15)21-17(11-31)24(37)35-26(33-21)39-12-13-4-6-14(7-5-13)23(36)34-25(38)32-22-18(28)2-1-3-19(22)29/h1-10H,12H2,(H,33,35,37)(H2,32,34,36,38). The molecule has 3 aromatic carbocycles. The first-order valence-electron chi connectivity index (χ1n) is 10.9. The molecule has 1 aromatic heterocycles. The minimum atomic E-state index is -0.578. The zero-order chi connectivity index (χ0) is 28.1. The lowest BCUT2D eigenvalue weighted by Gasteiger charge is -2.12. The number of carbonyl (C=O) groups is 1. The fraction of sp³-hybridized carbons (Fsp3) is 0.0385. The van der Waals surface area contributed by atoms with E-state index in [-0.39, 0.29) is 21.4 Å². The number of para-hydroxylation sites is 1. The van der Waals surface area contributed by atoms with Gasteiger partial charge >= 0.3 is 0 Å². The van der Waals surface area contributed by atoms with E-state index in [0.29, 0.717) is 42.8 Å². The van der Waals surface area contributed by atoms with E-state index in [4.69, 9.17) is 58.6 Å². The number of aromatic amines is 1. The Bertz CT molecular complexity index is 1670. The normalized spacial score (nSPS) is 10.5. The highest BCUT2D eigenvalue weighted by Gasteiger charge is 2.17. The minimum Gasteiger partial charge on any atom is -0.330 e. The molecular formula is C26H15Cl4N5O2S2. The van der Waals surface area contributed by atoms with Gasteiger partial charge in [0, 0.05) is 21.9 Å². The molecule has 3 N–H and O–H groups in total. The molecule has 39 heavy (non-hydrogen) atoms. The Kier molecular flexibility index (Phi) is 9.51. The van der Waals surface area contributed by atoms with Crippen LogP contribution in [0, 0.1) is 11.3 Å². The van der Waals surface area contributed by atoms with E-state index in [0.717, 1.165) is 5.56 Å². The fourth-order valence-electron chi connectivity index (χ4n) is 3.34. The third kappa shape index (κ3) is 7.11. The number of nitrogens with one attached hydrogen (secondary N) is 3. The van der Waals surface area contributed by atoms with Crippen LogP contribution in [0.25, 0.3) is 11.3 Å². The quantitative estimate of drug-likeness (QED) is 0.116. The molecule has 0 fully saturated rings. The second-order valence-electron chi connectivity index (χ2n) is 7.82. The number of thioether (sulfide) groups is 1. The summed E-state index contributed by atoms with van der Waals surface area (Å²) < 4.78 is 0. The van der Waals surface area contributed by atoms with E-state index in [1.807, 2.05) is 6.07 Å². The van der Waals surface area contributed by atoms with Gasteiger partial charge in [-0.05, 0) is 60.2 Å². The van der Waals surface area contributed by atoms with Crippen LogP contribution in [0.2, 0.25) is 20.1 Å². The van der Waals surface area contributed by atoms with Crippen LogP contribution in [0.4, 0.5) is 5.69 Å². The molecule has 0 saturated carbocycles. The largest absolute Gasteiger partial charge is 0.330 e. The Morgan fingerprint density at radius 3 is 2.36 bits per heavy atom. The molecule has 0 aliphatic heterocycles. The van der Waals surface area contributed by atoms with Gasteiger partial charge in [0.25, 0.3) is 11.5 Å². The molecule has 13 heteroatoms. The summed E-state index contributed by atoms with van der Waals surface area (Å²) >= 11 is 31.0. The SMILES string of the molecule is N#Cc1c(-c2ccc(Cl)cc2Cl)nc(SCc2ccc(C(=O)NC(=S)Nc3c(Cl)cccc3Cl)cc2)[nH]c1=O. The van der Waals surface area contributed by atoms with Gasteiger partial charge in [-0.15, -0.1) is 0 Å². The third-order valence-corrected chi connectivity index (χ3v) is 7.54. The van der Waals surface area contributed by atoms with Crippen molar-refractivity contribution in [3.05, 3.63) is 108 Å². The Morgan fingerprint density at radius 2 is 1.72 bits per heavy atom. The number of nitrogens with zero attached hydrogens (tertiary/aromatic N) is 2. The van der Waals surface area contributed by atoms with Gasteiger partial charge in [0.15, 0.2) is 10.3 Å². The van der Waals surface area contributed by atoms with Crippen molar-refractivity contribution in [2.45, 2.75) is 10.9 Å². The molecule has 0 spiro atoms. The van der Waals surface area contributed by atoms with Crippen molar-refractivity contribution in [1.29, 1.82) is 5.26 Å². The van der Waals surface area contributed by atoms with E-state index >= 15 is 0 Å². The summed E-state index contributed by atoms with van der Waals surface area (Å²) in [6.07, 6.45) is 0. The van der Waals surface area contributed by atoms with Gasteiger partial charge in [-0.2, -0.15) is 5.26 Å². The highest BCUT2D eigenvalue weighted by atomic mass is 35.5. The van der Waals surface area contributed by atoms with Crippen molar-refractivity contribution in [2.75, 3.05) is 5.32 Å². The van der Waals surface area contributed by atoms with Crippen LogP contribution in [-0.4, -0.2) is 21.0 Å². The van der Waals surface area contributed by atoms with Crippen LogP contribution in [0.5, 0.6) is 0 Å². The predicted molar refractivity (Wildman–Crippen MR) is 161 cm³/mol. The number of amides is 1. The topological polar surface area (TPSA) is 111 Å². The molecule has 0 radical (unpaired) electrons. The van der Waals surface area contributed by atoms with Gasteiger partial charge in [0.05, 0.1) is 26.4 Å². The Labute approximate surface area is 252 Å². The van der Waals surface area contributed by atoms with Gasteiger partial charge in [-0.3, -0.25) is 14.9 Å². The number of aromatic nitrogens is 2. The van der Waals surface area contributed by atoms with Crippen LogP contribution in [0.3, 0.4) is 0 Å². The van der Waals surface area contributed by atoms with Gasteiger partial charge in [-0.1, -0.05) is 76.4 Å². The van der Waals surface area contributed by atoms with E-state index in [2.05, 4.69) is 20.6 Å². The van der Waals surface area contributed by atoms with Crippen molar-refractivity contribution >= 4 is 87.1 Å². The number of hydrogen-bond acceptors (Lipinski definition) is 6. The molecule has 0 bridgehead atoms. The maximum atomic E-state index is 12.6. The van der Waals surface area contributed by atoms with Crippen LogP contribution >= 0.6 is 70.4 Å². The van der Waals surface area contributed by atoms with Gasteiger partial charge < -0.3 is 10.3 Å². The second-order valence-corrected chi connectivity index (χ2v) is 10.9. The maximum Gasteiger partial charge on any atom is 0.270 e. The summed E-state index contributed by atoms with van der Waals surface area (Å²) in [5.41, 5.74) is 1.49. The predicted octanol–water partition coefficient (Wildman–Crippen LogP) is 7.34. The molecule has 1 heterocycles. The smallest absolute Gasteiger partial charge is 0.270 e. The molecule has 0 saturated heterocycles. The number of H-pyrrole nitrogens is 1. The molecule has 0 aliphatic carbocycles. The highest BCUT2D eigenvalue weighted by molar-refractivity contribution is 7.98. The minimum absolute atomic E-state index is 0.0436.